The Labute approximate surface area is 163 Å². The van der Waals surface area contributed by atoms with Gasteiger partial charge < -0.3 is 23.8 Å². The molecular weight excluding hydrogens is 362 g/mol. The van der Waals surface area contributed by atoms with Crippen molar-refractivity contribution in [3.05, 3.63) is 47.5 Å². The molecule has 2 aromatic carbocycles. The summed E-state index contributed by atoms with van der Waals surface area (Å²) in [5, 5.41) is 0. The Morgan fingerprint density at radius 3 is 2.54 bits per heavy atom. The van der Waals surface area contributed by atoms with Gasteiger partial charge in [0.1, 0.15) is 5.75 Å². The zero-order chi connectivity index (χ0) is 20.1. The summed E-state index contributed by atoms with van der Waals surface area (Å²) in [6, 6.07) is 10.4. The minimum atomic E-state index is -0.471. The monoisotopic (exact) mass is 385 g/mol. The molecule has 0 saturated carbocycles. The van der Waals surface area contributed by atoms with Gasteiger partial charge in [-0.3, -0.25) is 4.79 Å². The smallest absolute Gasteiger partial charge is 0.337 e. The van der Waals surface area contributed by atoms with E-state index in [0.29, 0.717) is 23.6 Å². The number of carbonyl (C=O) groups is 2. The van der Waals surface area contributed by atoms with E-state index < -0.39 is 5.97 Å². The molecule has 0 unspecified atom stereocenters. The molecule has 2 aromatic rings. The van der Waals surface area contributed by atoms with Crippen molar-refractivity contribution in [2.75, 3.05) is 39.4 Å². The summed E-state index contributed by atoms with van der Waals surface area (Å²) in [6.45, 7) is 0.499. The van der Waals surface area contributed by atoms with Gasteiger partial charge in [0.05, 0.1) is 26.9 Å². The van der Waals surface area contributed by atoms with Gasteiger partial charge in [-0.05, 0) is 54.8 Å². The van der Waals surface area contributed by atoms with Crippen LogP contribution in [-0.4, -0.2) is 46.4 Å². The van der Waals surface area contributed by atoms with E-state index in [0.717, 1.165) is 29.8 Å². The molecule has 28 heavy (non-hydrogen) atoms. The van der Waals surface area contributed by atoms with Crippen molar-refractivity contribution in [3.8, 4) is 17.2 Å². The molecule has 0 aromatic heterocycles. The largest absolute Gasteiger partial charge is 0.497 e. The lowest BCUT2D eigenvalue weighted by molar-refractivity contribution is -0.120. The number of benzene rings is 2. The third-order valence-electron chi connectivity index (χ3n) is 4.64. The van der Waals surface area contributed by atoms with Crippen LogP contribution in [0.15, 0.2) is 36.4 Å². The number of anilines is 1. The van der Waals surface area contributed by atoms with Gasteiger partial charge in [0.15, 0.2) is 18.1 Å². The maximum Gasteiger partial charge on any atom is 0.337 e. The molecule has 0 aliphatic carbocycles. The van der Waals surface area contributed by atoms with E-state index in [-0.39, 0.29) is 12.5 Å². The van der Waals surface area contributed by atoms with Gasteiger partial charge in [-0.2, -0.15) is 0 Å². The van der Waals surface area contributed by atoms with E-state index in [1.54, 1.807) is 24.1 Å². The maximum absolute atomic E-state index is 12.8. The van der Waals surface area contributed by atoms with Crippen LogP contribution < -0.4 is 19.1 Å². The normalized spacial score (nSPS) is 12.8. The molecule has 0 saturated heterocycles. The summed E-state index contributed by atoms with van der Waals surface area (Å²) in [5.41, 5.74) is 2.31. The van der Waals surface area contributed by atoms with Crippen molar-refractivity contribution in [1.29, 1.82) is 0 Å². The number of carbonyl (C=O) groups excluding carboxylic acids is 2. The number of esters is 1. The lowest BCUT2D eigenvalue weighted by atomic mass is 10.0. The molecule has 0 radical (unpaired) electrons. The van der Waals surface area contributed by atoms with Gasteiger partial charge in [0, 0.05) is 12.2 Å². The lowest BCUT2D eigenvalue weighted by Crippen LogP contribution is -2.38. The van der Waals surface area contributed by atoms with Crippen molar-refractivity contribution in [2.24, 2.45) is 0 Å². The Hall–Kier alpha value is -3.22. The number of ether oxygens (including phenoxy) is 4. The molecule has 0 bridgehead atoms. The molecule has 1 aliphatic heterocycles. The molecule has 0 N–H and O–H groups in total. The number of hydrogen-bond acceptors (Lipinski definition) is 6. The summed E-state index contributed by atoms with van der Waals surface area (Å²) in [7, 11) is 4.41. The standard InChI is InChI=1S/C21H23NO6/c1-25-16-7-8-17-14(11-16)5-4-10-22(17)20(23)13-28-18-9-6-15(21(24)27-3)12-19(18)26-2/h6-9,11-12H,4-5,10,13H2,1-3H3. The predicted octanol–water partition coefficient (Wildman–Crippen LogP) is 2.85. The summed E-state index contributed by atoms with van der Waals surface area (Å²) < 4.78 is 20.9. The molecule has 1 heterocycles. The molecule has 0 atom stereocenters. The highest BCUT2D eigenvalue weighted by Crippen LogP contribution is 2.31. The fourth-order valence-corrected chi connectivity index (χ4v) is 3.21. The first-order valence-electron chi connectivity index (χ1n) is 8.93. The first-order valence-corrected chi connectivity index (χ1v) is 8.93. The lowest BCUT2D eigenvalue weighted by Gasteiger charge is -2.29. The Kier molecular flexibility index (Phi) is 6.03. The third kappa shape index (κ3) is 4.03. The average Bonchev–Trinajstić information content (AvgIpc) is 2.75. The van der Waals surface area contributed by atoms with Gasteiger partial charge in [-0.15, -0.1) is 0 Å². The van der Waals surface area contributed by atoms with Crippen molar-refractivity contribution in [2.45, 2.75) is 12.8 Å². The fourth-order valence-electron chi connectivity index (χ4n) is 3.21. The SMILES string of the molecule is COC(=O)c1ccc(OCC(=O)N2CCCc3cc(OC)ccc32)c(OC)c1. The number of methoxy groups -OCH3 is 3. The van der Waals surface area contributed by atoms with Crippen molar-refractivity contribution >= 4 is 17.6 Å². The van der Waals surface area contributed by atoms with Crippen LogP contribution in [0.4, 0.5) is 5.69 Å². The number of rotatable bonds is 6. The van der Waals surface area contributed by atoms with Crippen LogP contribution >= 0.6 is 0 Å². The second kappa shape index (κ2) is 8.65. The summed E-state index contributed by atoms with van der Waals surface area (Å²) in [5.74, 6) is 0.904. The molecule has 0 fully saturated rings. The highest BCUT2D eigenvalue weighted by Gasteiger charge is 2.23. The van der Waals surface area contributed by atoms with Gasteiger partial charge in [-0.25, -0.2) is 4.79 Å². The molecule has 7 heteroatoms. The molecular formula is C21H23NO6. The summed E-state index contributed by atoms with van der Waals surface area (Å²) in [4.78, 5) is 26.1. The number of aryl methyl sites for hydroxylation is 1. The topological polar surface area (TPSA) is 74.3 Å². The van der Waals surface area contributed by atoms with Crippen LogP contribution in [0.25, 0.3) is 0 Å². The number of hydrogen-bond donors (Lipinski definition) is 0. The third-order valence-corrected chi connectivity index (χ3v) is 4.64. The van der Waals surface area contributed by atoms with E-state index in [1.165, 1.54) is 20.3 Å². The Bertz CT molecular complexity index is 879. The first kappa shape index (κ1) is 19.5. The fraction of sp³-hybridized carbons (Fsp3) is 0.333. The molecule has 1 amide bonds. The number of nitrogens with zero attached hydrogens (tertiary/aromatic N) is 1. The van der Waals surface area contributed by atoms with E-state index in [4.69, 9.17) is 18.9 Å². The van der Waals surface area contributed by atoms with Gasteiger partial charge in [0.2, 0.25) is 0 Å². The Morgan fingerprint density at radius 2 is 1.82 bits per heavy atom. The highest BCUT2D eigenvalue weighted by atomic mass is 16.5. The molecule has 3 rings (SSSR count). The van der Waals surface area contributed by atoms with Crippen LogP contribution in [0.3, 0.4) is 0 Å². The predicted molar refractivity (Wildman–Crippen MR) is 103 cm³/mol. The summed E-state index contributed by atoms with van der Waals surface area (Å²) >= 11 is 0. The van der Waals surface area contributed by atoms with E-state index >= 15 is 0 Å². The highest BCUT2D eigenvalue weighted by molar-refractivity contribution is 5.96. The minimum Gasteiger partial charge on any atom is -0.497 e. The Morgan fingerprint density at radius 1 is 1.00 bits per heavy atom. The second-order valence-corrected chi connectivity index (χ2v) is 6.29. The second-order valence-electron chi connectivity index (χ2n) is 6.29. The number of amides is 1. The van der Waals surface area contributed by atoms with Crippen LogP contribution in [0.2, 0.25) is 0 Å². The Balaban J connectivity index is 1.72. The number of fused-ring (bicyclic) bond motifs is 1. The summed E-state index contributed by atoms with van der Waals surface area (Å²) in [6.07, 6.45) is 1.78. The average molecular weight is 385 g/mol. The van der Waals surface area contributed by atoms with E-state index in [2.05, 4.69) is 0 Å². The van der Waals surface area contributed by atoms with E-state index in [9.17, 15) is 9.59 Å². The molecule has 0 spiro atoms. The molecule has 7 nitrogen and oxygen atoms in total. The molecule has 148 valence electrons. The first-order chi connectivity index (χ1) is 13.6. The van der Waals surface area contributed by atoms with E-state index in [1.807, 2.05) is 18.2 Å². The van der Waals surface area contributed by atoms with Crippen LogP contribution in [0.5, 0.6) is 17.2 Å². The van der Waals surface area contributed by atoms with Crippen molar-refractivity contribution in [3.63, 3.8) is 0 Å². The van der Waals surface area contributed by atoms with Crippen molar-refractivity contribution in [1.82, 2.24) is 0 Å². The quantitative estimate of drug-likeness (QED) is 0.712. The zero-order valence-electron chi connectivity index (χ0n) is 16.2. The zero-order valence-corrected chi connectivity index (χ0v) is 16.2. The van der Waals surface area contributed by atoms with Gasteiger partial charge in [0.25, 0.3) is 5.91 Å². The maximum atomic E-state index is 12.8. The van der Waals surface area contributed by atoms with Crippen LogP contribution in [0.1, 0.15) is 22.3 Å². The van der Waals surface area contributed by atoms with Gasteiger partial charge in [-0.1, -0.05) is 0 Å². The van der Waals surface area contributed by atoms with Gasteiger partial charge >= 0.3 is 5.97 Å². The molecule has 1 aliphatic rings. The van der Waals surface area contributed by atoms with Crippen LogP contribution in [0, 0.1) is 0 Å². The van der Waals surface area contributed by atoms with Crippen LogP contribution in [-0.2, 0) is 16.0 Å². The minimum absolute atomic E-state index is 0.139. The van der Waals surface area contributed by atoms with Crippen molar-refractivity contribution < 1.29 is 28.5 Å².